The zero-order valence-corrected chi connectivity index (χ0v) is 26.8. The summed E-state index contributed by atoms with van der Waals surface area (Å²) in [7, 11) is -2.41. The van der Waals surface area contributed by atoms with Crippen molar-refractivity contribution in [1.82, 2.24) is 14.7 Å². The van der Waals surface area contributed by atoms with Crippen LogP contribution in [0.25, 0.3) is 0 Å². The molecule has 0 spiro atoms. The number of nitrogens with two attached hydrogens (primary N) is 1. The molecule has 2 aromatic rings. The molecule has 12 nitrogen and oxygen atoms in total. The molecule has 1 saturated heterocycles. The summed E-state index contributed by atoms with van der Waals surface area (Å²) in [4.78, 5) is 56.8. The molecule has 0 aliphatic carbocycles. The Hall–Kier alpha value is -3.23. The molecule has 2 N–H and O–H groups in total. The van der Waals surface area contributed by atoms with Crippen molar-refractivity contribution in [3.05, 3.63) is 64.7 Å². The van der Waals surface area contributed by atoms with E-state index in [0.29, 0.717) is 10.6 Å². The number of ether oxygens (including phenoxy) is 2. The molecule has 1 fully saturated rings. The Balaban J connectivity index is 1.81. The van der Waals surface area contributed by atoms with E-state index in [1.165, 1.54) is 33.9 Å². The summed E-state index contributed by atoms with van der Waals surface area (Å²) in [6, 6.07) is 11.6. The summed E-state index contributed by atoms with van der Waals surface area (Å²) < 4.78 is 33.3. The fraction of sp³-hybridized carbons (Fsp3) is 0.448. The molecule has 1 aliphatic heterocycles. The summed E-state index contributed by atoms with van der Waals surface area (Å²) in [5.41, 5.74) is 0.621. The van der Waals surface area contributed by atoms with Crippen LogP contribution in [0.1, 0.15) is 24.5 Å². The van der Waals surface area contributed by atoms with Gasteiger partial charge in [0, 0.05) is 31.6 Å². The summed E-state index contributed by atoms with van der Waals surface area (Å²) in [6.45, 7) is 1.36. The maximum absolute atomic E-state index is 13.8. The summed E-state index contributed by atoms with van der Waals surface area (Å²) in [6.07, 6.45) is 0.104. The van der Waals surface area contributed by atoms with Gasteiger partial charge in [-0.05, 0) is 48.7 Å². The number of hydrogen-bond donors (Lipinski definition) is 1. The predicted octanol–water partition coefficient (Wildman–Crippen LogP) is 1.81. The Morgan fingerprint density at radius 2 is 1.73 bits per heavy atom. The zero-order valence-electron chi connectivity index (χ0n) is 24.5. The van der Waals surface area contributed by atoms with Gasteiger partial charge in [-0.25, -0.2) is 13.6 Å². The van der Waals surface area contributed by atoms with Gasteiger partial charge in [-0.15, -0.1) is 0 Å². The van der Waals surface area contributed by atoms with Crippen molar-refractivity contribution in [1.29, 1.82) is 0 Å². The van der Waals surface area contributed by atoms with Gasteiger partial charge in [0.15, 0.2) is 0 Å². The number of primary sulfonamides is 1. The Bertz CT molecular complexity index is 1420. The molecule has 2 unspecified atom stereocenters. The Morgan fingerprint density at radius 1 is 1.09 bits per heavy atom. The average molecular weight is 672 g/mol. The van der Waals surface area contributed by atoms with Crippen LogP contribution in [-0.2, 0) is 51.5 Å². The fourth-order valence-electron chi connectivity index (χ4n) is 4.70. The molecule has 3 rings (SSSR count). The monoisotopic (exact) mass is 670 g/mol. The van der Waals surface area contributed by atoms with Crippen molar-refractivity contribution in [2.45, 2.75) is 42.6 Å². The van der Waals surface area contributed by atoms with Gasteiger partial charge in [0.25, 0.3) is 0 Å². The van der Waals surface area contributed by atoms with Gasteiger partial charge in [0.1, 0.15) is 24.6 Å². The van der Waals surface area contributed by atoms with Crippen LogP contribution >= 0.6 is 23.2 Å². The number of benzene rings is 2. The minimum atomic E-state index is -3.87. The summed E-state index contributed by atoms with van der Waals surface area (Å²) in [5.74, 6) is -2.10. The van der Waals surface area contributed by atoms with Crippen LogP contribution in [0.15, 0.2) is 53.4 Å². The Labute approximate surface area is 267 Å². The quantitative estimate of drug-likeness (QED) is 0.171. The zero-order chi connectivity index (χ0) is 32.4. The van der Waals surface area contributed by atoms with Gasteiger partial charge in [-0.1, -0.05) is 47.5 Å². The molecule has 1 heterocycles. The van der Waals surface area contributed by atoms with Gasteiger partial charge in [-0.2, -0.15) is 0 Å². The molecular weight excluding hydrogens is 635 g/mol. The first-order chi connectivity index (χ1) is 20.8. The lowest BCUT2D eigenvalue weighted by Gasteiger charge is -2.42. The molecule has 0 saturated carbocycles. The molecule has 240 valence electrons. The van der Waals surface area contributed by atoms with Gasteiger partial charge < -0.3 is 24.2 Å². The first-order valence-electron chi connectivity index (χ1n) is 13.9. The van der Waals surface area contributed by atoms with Crippen LogP contribution in [-0.4, -0.2) is 105 Å². The number of carbonyl (C=O) groups excluding carboxylic acids is 4. The largest absolute Gasteiger partial charge is 0.465 e. The molecule has 2 atom stereocenters. The number of hydrogen-bond acceptors (Lipinski definition) is 8. The third kappa shape index (κ3) is 9.89. The van der Waals surface area contributed by atoms with Crippen LogP contribution in [0.5, 0.6) is 0 Å². The molecule has 44 heavy (non-hydrogen) atoms. The van der Waals surface area contributed by atoms with E-state index in [4.69, 9.17) is 37.8 Å². The maximum atomic E-state index is 13.8. The van der Waals surface area contributed by atoms with Crippen LogP contribution in [0.2, 0.25) is 5.02 Å². The van der Waals surface area contributed by atoms with Crippen LogP contribution in [0.3, 0.4) is 0 Å². The van der Waals surface area contributed by atoms with E-state index in [-0.39, 0.29) is 57.1 Å². The van der Waals surface area contributed by atoms with E-state index < -0.39 is 51.7 Å². The number of sulfonamides is 1. The number of halogens is 2. The summed E-state index contributed by atoms with van der Waals surface area (Å²) >= 11 is 12.6. The molecule has 15 heteroatoms. The number of rotatable bonds is 15. The molecule has 1 aliphatic rings. The van der Waals surface area contributed by atoms with Gasteiger partial charge in [-0.3, -0.25) is 19.2 Å². The second kappa shape index (κ2) is 16.2. The van der Waals surface area contributed by atoms with Crippen molar-refractivity contribution in [2.75, 3.05) is 46.5 Å². The van der Waals surface area contributed by atoms with E-state index in [9.17, 15) is 27.6 Å². The van der Waals surface area contributed by atoms with Gasteiger partial charge >= 0.3 is 5.97 Å². The second-order valence-corrected chi connectivity index (χ2v) is 12.6. The topological polar surface area (TPSA) is 157 Å². The van der Waals surface area contributed by atoms with E-state index in [1.54, 1.807) is 43.3 Å². The highest BCUT2D eigenvalue weighted by Crippen LogP contribution is 2.23. The Kier molecular flexibility index (Phi) is 13.0. The van der Waals surface area contributed by atoms with Crippen molar-refractivity contribution in [3.8, 4) is 0 Å². The van der Waals surface area contributed by atoms with Crippen molar-refractivity contribution in [2.24, 2.45) is 5.14 Å². The molecular formula is C29H36Cl2N4O8S. The number of esters is 1. The van der Waals surface area contributed by atoms with Crippen LogP contribution < -0.4 is 5.14 Å². The van der Waals surface area contributed by atoms with E-state index in [0.717, 1.165) is 5.56 Å². The van der Waals surface area contributed by atoms with Crippen molar-refractivity contribution in [3.63, 3.8) is 0 Å². The minimum Gasteiger partial charge on any atom is -0.465 e. The Morgan fingerprint density at radius 3 is 2.32 bits per heavy atom. The lowest BCUT2D eigenvalue weighted by atomic mass is 10.0. The lowest BCUT2D eigenvalue weighted by molar-refractivity contribution is -0.160. The normalized spacial score (nSPS) is 16.2. The highest BCUT2D eigenvalue weighted by atomic mass is 35.5. The number of methoxy groups -OCH3 is 1. The predicted molar refractivity (Wildman–Crippen MR) is 163 cm³/mol. The van der Waals surface area contributed by atoms with E-state index >= 15 is 0 Å². The van der Waals surface area contributed by atoms with Crippen LogP contribution in [0.4, 0.5) is 0 Å². The highest BCUT2D eigenvalue weighted by molar-refractivity contribution is 7.89. The molecule has 0 aromatic heterocycles. The van der Waals surface area contributed by atoms with E-state index in [1.807, 2.05) is 0 Å². The standard InChI is InChI=1S/C29H36Cl2N4O8S/c1-3-43-28(38)19-33(13-12-20-6-10-23(11-7-20)44(32,40)41)26(36)17-24-29(39)35(18-27(37)34(24)14-15-42-2)25(31)16-21-4-8-22(30)9-5-21/h4-11,24-25H,3,12-19H2,1-2H3,(H2,32,40,41). The molecule has 0 bridgehead atoms. The van der Waals surface area contributed by atoms with Crippen molar-refractivity contribution >= 4 is 56.9 Å². The van der Waals surface area contributed by atoms with Gasteiger partial charge in [0.05, 0.1) is 24.5 Å². The number of amides is 3. The number of carbonyl (C=O) groups is 4. The van der Waals surface area contributed by atoms with Gasteiger partial charge in [0.2, 0.25) is 27.7 Å². The lowest BCUT2D eigenvalue weighted by Crippen LogP contribution is -2.63. The minimum absolute atomic E-state index is 0.0533. The highest BCUT2D eigenvalue weighted by Gasteiger charge is 2.43. The molecule has 3 amide bonds. The second-order valence-electron chi connectivity index (χ2n) is 10.1. The number of alkyl halides is 1. The van der Waals surface area contributed by atoms with Crippen molar-refractivity contribution < 1.29 is 37.1 Å². The maximum Gasteiger partial charge on any atom is 0.325 e. The molecule has 2 aromatic carbocycles. The fourth-order valence-corrected chi connectivity index (χ4v) is 5.69. The first kappa shape index (κ1) is 35.3. The third-order valence-electron chi connectivity index (χ3n) is 7.03. The molecule has 0 radical (unpaired) electrons. The number of piperazine rings is 1. The smallest absolute Gasteiger partial charge is 0.325 e. The summed E-state index contributed by atoms with van der Waals surface area (Å²) in [5, 5.41) is 5.71. The first-order valence-corrected chi connectivity index (χ1v) is 16.2. The SMILES string of the molecule is CCOC(=O)CN(CCc1ccc(S(N)(=O)=O)cc1)C(=O)CC1C(=O)N(C(Cl)Cc2ccc(Cl)cc2)CC(=O)N1CCOC. The van der Waals surface area contributed by atoms with E-state index in [2.05, 4.69) is 0 Å². The third-order valence-corrected chi connectivity index (χ3v) is 8.60. The average Bonchev–Trinajstić information content (AvgIpc) is 2.97. The number of nitrogens with zero attached hydrogens (tertiary/aromatic N) is 3. The van der Waals surface area contributed by atoms with Crippen LogP contribution in [0, 0.1) is 0 Å².